The Morgan fingerprint density at radius 1 is 1.00 bits per heavy atom. The lowest BCUT2D eigenvalue weighted by Crippen LogP contribution is -1.99. The van der Waals surface area contributed by atoms with Gasteiger partial charge in [-0.3, -0.25) is 0 Å². The van der Waals surface area contributed by atoms with Crippen molar-refractivity contribution in [3.05, 3.63) is 23.7 Å². The minimum atomic E-state index is -0.0970. The molecular formula is C6H8O2-2. The number of hydrogen-bond acceptors (Lipinski definition) is 2. The molecule has 0 aliphatic heterocycles. The topological polar surface area (TPSA) is 46.1 Å². The fraction of sp³-hybridized carbons (Fsp3) is 0.333. The molecule has 0 aromatic heterocycles. The average Bonchev–Trinajstić information content (AvgIpc) is 1.61. The van der Waals surface area contributed by atoms with E-state index >= 15 is 0 Å². The molecule has 2 heteroatoms. The Labute approximate surface area is 48.8 Å². The van der Waals surface area contributed by atoms with Gasteiger partial charge in [-0.15, -0.1) is 11.5 Å². The molecular weight excluding hydrogens is 104 g/mol. The first-order chi connectivity index (χ1) is 3.63. The number of rotatable bonds is 1. The van der Waals surface area contributed by atoms with Crippen molar-refractivity contribution in [1.82, 2.24) is 0 Å². The molecule has 0 fully saturated rings. The van der Waals surface area contributed by atoms with Gasteiger partial charge in [0.05, 0.1) is 0 Å². The number of allylic oxidation sites excluding steroid dienone is 4. The highest BCUT2D eigenvalue weighted by molar-refractivity contribution is 5.05. The van der Waals surface area contributed by atoms with Crippen molar-refractivity contribution in [3.8, 4) is 0 Å². The SMILES string of the molecule is CC([O-])=CC=C(C)[O-]. The molecule has 2 nitrogen and oxygen atoms in total. The van der Waals surface area contributed by atoms with Crippen LogP contribution >= 0.6 is 0 Å². The van der Waals surface area contributed by atoms with E-state index in [4.69, 9.17) is 0 Å². The van der Waals surface area contributed by atoms with Gasteiger partial charge in [0.15, 0.2) is 0 Å². The van der Waals surface area contributed by atoms with Gasteiger partial charge in [-0.05, 0) is 0 Å². The Hall–Kier alpha value is -0.920. The summed E-state index contributed by atoms with van der Waals surface area (Å²) >= 11 is 0. The van der Waals surface area contributed by atoms with E-state index in [1.54, 1.807) is 0 Å². The Balaban J connectivity index is 3.76. The largest absolute Gasteiger partial charge is 0.876 e. The van der Waals surface area contributed by atoms with Gasteiger partial charge in [-0.1, -0.05) is 26.0 Å². The van der Waals surface area contributed by atoms with Gasteiger partial charge in [0.1, 0.15) is 0 Å². The third-order valence-corrected chi connectivity index (χ3v) is 0.553. The van der Waals surface area contributed by atoms with E-state index in [1.807, 2.05) is 0 Å². The van der Waals surface area contributed by atoms with E-state index in [-0.39, 0.29) is 11.5 Å². The molecule has 0 unspecified atom stereocenters. The van der Waals surface area contributed by atoms with Crippen molar-refractivity contribution in [1.29, 1.82) is 0 Å². The van der Waals surface area contributed by atoms with E-state index in [9.17, 15) is 10.2 Å². The molecule has 0 aliphatic carbocycles. The van der Waals surface area contributed by atoms with Gasteiger partial charge in [-0.25, -0.2) is 0 Å². The van der Waals surface area contributed by atoms with Crippen molar-refractivity contribution < 1.29 is 10.2 Å². The maximum absolute atomic E-state index is 10.1. The summed E-state index contributed by atoms with van der Waals surface area (Å²) in [5.74, 6) is -0.194. The quantitative estimate of drug-likeness (QED) is 0.339. The second-order valence-electron chi connectivity index (χ2n) is 1.55. The molecule has 0 saturated carbocycles. The molecule has 0 rings (SSSR count). The highest BCUT2D eigenvalue weighted by atomic mass is 16.3. The lowest BCUT2D eigenvalue weighted by molar-refractivity contribution is -0.305. The summed E-state index contributed by atoms with van der Waals surface area (Å²) in [6.07, 6.45) is 2.50. The van der Waals surface area contributed by atoms with Crippen molar-refractivity contribution in [3.63, 3.8) is 0 Å². The molecule has 0 amide bonds. The molecule has 46 valence electrons. The standard InChI is InChI=1S/C6H10O2/c1-5(7)3-4-6(2)8/h3-4,7-8H,1-2H3/p-2. The lowest BCUT2D eigenvalue weighted by Gasteiger charge is -2.03. The van der Waals surface area contributed by atoms with Crippen LogP contribution in [0.2, 0.25) is 0 Å². The Morgan fingerprint density at radius 3 is 1.38 bits per heavy atom. The van der Waals surface area contributed by atoms with Gasteiger partial charge in [-0.2, -0.15) is 0 Å². The highest BCUT2D eigenvalue weighted by Gasteiger charge is 1.61. The summed E-state index contributed by atoms with van der Waals surface area (Å²) in [6.45, 7) is 2.80. The first kappa shape index (κ1) is 7.08. The van der Waals surface area contributed by atoms with Crippen LogP contribution in [0.1, 0.15) is 13.8 Å². The molecule has 8 heavy (non-hydrogen) atoms. The summed E-state index contributed by atoms with van der Waals surface area (Å²) in [7, 11) is 0. The normalized spacial score (nSPS) is 14.2. The minimum Gasteiger partial charge on any atom is -0.876 e. The minimum absolute atomic E-state index is 0.0970. The van der Waals surface area contributed by atoms with E-state index in [0.717, 1.165) is 0 Å². The maximum Gasteiger partial charge on any atom is -0.0543 e. The van der Waals surface area contributed by atoms with Crippen LogP contribution in [0.5, 0.6) is 0 Å². The van der Waals surface area contributed by atoms with Gasteiger partial charge < -0.3 is 10.2 Å². The van der Waals surface area contributed by atoms with Crippen molar-refractivity contribution in [2.24, 2.45) is 0 Å². The summed E-state index contributed by atoms with van der Waals surface area (Å²) < 4.78 is 0. The maximum atomic E-state index is 10.1. The monoisotopic (exact) mass is 112 g/mol. The fourth-order valence-electron chi connectivity index (χ4n) is 0.235. The first-order valence-corrected chi connectivity index (χ1v) is 2.32. The molecule has 0 aromatic rings. The van der Waals surface area contributed by atoms with Crippen LogP contribution in [0.15, 0.2) is 23.7 Å². The molecule has 0 atom stereocenters. The molecule has 0 aromatic carbocycles. The first-order valence-electron chi connectivity index (χ1n) is 2.32. The lowest BCUT2D eigenvalue weighted by atomic mass is 10.4. The van der Waals surface area contributed by atoms with Crippen molar-refractivity contribution in [2.75, 3.05) is 0 Å². The summed E-state index contributed by atoms with van der Waals surface area (Å²) in [6, 6.07) is 0. The van der Waals surface area contributed by atoms with Crippen LogP contribution < -0.4 is 10.2 Å². The second kappa shape index (κ2) is 3.13. The van der Waals surface area contributed by atoms with E-state index < -0.39 is 0 Å². The Kier molecular flexibility index (Phi) is 2.77. The van der Waals surface area contributed by atoms with Gasteiger partial charge in [0.25, 0.3) is 0 Å². The molecule has 0 spiro atoms. The summed E-state index contributed by atoms with van der Waals surface area (Å²) in [5.41, 5.74) is 0. The van der Waals surface area contributed by atoms with Crippen molar-refractivity contribution >= 4 is 0 Å². The molecule has 0 bridgehead atoms. The van der Waals surface area contributed by atoms with E-state index in [2.05, 4.69) is 0 Å². The van der Waals surface area contributed by atoms with Crippen LogP contribution in [0.25, 0.3) is 0 Å². The van der Waals surface area contributed by atoms with E-state index in [1.165, 1.54) is 26.0 Å². The van der Waals surface area contributed by atoms with Gasteiger partial charge in [0.2, 0.25) is 0 Å². The van der Waals surface area contributed by atoms with Crippen LogP contribution in [-0.2, 0) is 0 Å². The van der Waals surface area contributed by atoms with E-state index in [0.29, 0.717) is 0 Å². The molecule has 0 aliphatic rings. The van der Waals surface area contributed by atoms with Gasteiger partial charge >= 0.3 is 0 Å². The molecule has 0 heterocycles. The third kappa shape index (κ3) is 5.08. The molecule has 0 radical (unpaired) electrons. The average molecular weight is 112 g/mol. The highest BCUT2D eigenvalue weighted by Crippen LogP contribution is 1.83. The zero-order valence-electron chi connectivity index (χ0n) is 4.97. The summed E-state index contributed by atoms with van der Waals surface area (Å²) in [4.78, 5) is 0. The third-order valence-electron chi connectivity index (χ3n) is 0.553. The van der Waals surface area contributed by atoms with Gasteiger partial charge in [0, 0.05) is 0 Å². The predicted molar refractivity (Wildman–Crippen MR) is 27.5 cm³/mol. The fourth-order valence-corrected chi connectivity index (χ4v) is 0.235. The zero-order chi connectivity index (χ0) is 6.57. The Bertz CT molecular complexity index is 98.5. The van der Waals surface area contributed by atoms with Crippen LogP contribution in [0.3, 0.4) is 0 Å². The predicted octanol–water partition coefficient (Wildman–Crippen LogP) is -0.485. The van der Waals surface area contributed by atoms with Crippen molar-refractivity contribution in [2.45, 2.75) is 13.8 Å². The zero-order valence-corrected chi connectivity index (χ0v) is 4.97. The van der Waals surface area contributed by atoms with Crippen LogP contribution in [-0.4, -0.2) is 0 Å². The second-order valence-corrected chi connectivity index (χ2v) is 1.55. The molecule has 0 N–H and O–H groups in total. The molecule has 0 saturated heterocycles. The number of hydrogen-bond donors (Lipinski definition) is 0. The summed E-state index contributed by atoms with van der Waals surface area (Å²) in [5, 5.41) is 20.2. The Morgan fingerprint density at radius 2 is 1.25 bits per heavy atom. The van der Waals surface area contributed by atoms with Crippen LogP contribution in [0.4, 0.5) is 0 Å². The van der Waals surface area contributed by atoms with Crippen LogP contribution in [0, 0.1) is 0 Å². The smallest absolute Gasteiger partial charge is 0.0543 e.